The van der Waals surface area contributed by atoms with E-state index in [1.165, 1.54) is 0 Å². The Morgan fingerprint density at radius 1 is 1.26 bits per heavy atom. The molecule has 1 aromatic rings. The summed E-state index contributed by atoms with van der Waals surface area (Å²) < 4.78 is 0. The van der Waals surface area contributed by atoms with E-state index in [2.05, 4.69) is 41.4 Å². The second-order valence-corrected chi connectivity index (χ2v) is 5.86. The molecule has 0 fully saturated rings. The van der Waals surface area contributed by atoms with Gasteiger partial charge in [0.25, 0.3) is 0 Å². The van der Waals surface area contributed by atoms with E-state index < -0.39 is 0 Å². The van der Waals surface area contributed by atoms with Crippen LogP contribution in [0.5, 0.6) is 0 Å². The maximum Gasteiger partial charge on any atom is 0.135 e. The lowest BCUT2D eigenvalue weighted by Gasteiger charge is -2.24. The molecule has 6 heteroatoms. The zero-order valence-electron chi connectivity index (χ0n) is 12.3. The lowest BCUT2D eigenvalue weighted by atomic mass is 10.0. The molecule has 0 saturated heterocycles. The van der Waals surface area contributed by atoms with E-state index in [0.29, 0.717) is 5.92 Å². The van der Waals surface area contributed by atoms with E-state index in [1.807, 2.05) is 13.3 Å². The van der Waals surface area contributed by atoms with Gasteiger partial charge in [0.15, 0.2) is 0 Å². The van der Waals surface area contributed by atoms with Crippen molar-refractivity contribution in [1.82, 2.24) is 9.97 Å². The molecule has 0 aromatic carbocycles. The molecule has 0 aliphatic heterocycles. The zero-order valence-corrected chi connectivity index (χ0v) is 13.1. The van der Waals surface area contributed by atoms with Crippen LogP contribution in [-0.4, -0.2) is 46.3 Å². The molecule has 0 amide bonds. The van der Waals surface area contributed by atoms with E-state index in [9.17, 15) is 5.11 Å². The van der Waals surface area contributed by atoms with Gasteiger partial charge in [-0.1, -0.05) is 13.8 Å². The standard InChI is InChI=1S/C13H24N4OS/c1-8(2)11-12(14-4)15-7-16-13(11)17-9(3)10(6-18)19-5/h7-10,18H,6H2,1-5H3,(H2,14,15,16,17). The molecule has 0 spiro atoms. The summed E-state index contributed by atoms with van der Waals surface area (Å²) in [7, 11) is 1.86. The molecule has 2 unspecified atom stereocenters. The highest BCUT2D eigenvalue weighted by Crippen LogP contribution is 2.29. The normalized spacial score (nSPS) is 14.3. The summed E-state index contributed by atoms with van der Waals surface area (Å²) in [5.74, 6) is 2.01. The first-order valence-electron chi connectivity index (χ1n) is 6.47. The van der Waals surface area contributed by atoms with Gasteiger partial charge in [0, 0.05) is 23.9 Å². The molecule has 0 aliphatic rings. The van der Waals surface area contributed by atoms with Gasteiger partial charge in [-0.2, -0.15) is 11.8 Å². The van der Waals surface area contributed by atoms with Crippen LogP contribution in [0.3, 0.4) is 0 Å². The molecule has 0 radical (unpaired) electrons. The topological polar surface area (TPSA) is 70.1 Å². The lowest BCUT2D eigenvalue weighted by Crippen LogP contribution is -2.32. The Morgan fingerprint density at radius 3 is 2.37 bits per heavy atom. The number of thioether (sulfide) groups is 1. The number of rotatable bonds is 7. The van der Waals surface area contributed by atoms with Gasteiger partial charge in [0.1, 0.15) is 18.0 Å². The molecule has 108 valence electrons. The van der Waals surface area contributed by atoms with Gasteiger partial charge in [-0.05, 0) is 19.1 Å². The maximum absolute atomic E-state index is 9.35. The van der Waals surface area contributed by atoms with Crippen molar-refractivity contribution in [3.05, 3.63) is 11.9 Å². The van der Waals surface area contributed by atoms with Gasteiger partial charge in [-0.3, -0.25) is 0 Å². The van der Waals surface area contributed by atoms with Crippen LogP contribution in [-0.2, 0) is 0 Å². The van der Waals surface area contributed by atoms with Gasteiger partial charge in [0.05, 0.1) is 6.61 Å². The third-order valence-corrected chi connectivity index (χ3v) is 4.27. The summed E-state index contributed by atoms with van der Waals surface area (Å²) in [5, 5.41) is 16.0. The smallest absolute Gasteiger partial charge is 0.135 e. The molecular formula is C13H24N4OS. The first-order valence-corrected chi connectivity index (χ1v) is 7.76. The Bertz CT molecular complexity index is 396. The average Bonchev–Trinajstić information content (AvgIpc) is 2.39. The molecule has 0 aliphatic carbocycles. The fourth-order valence-corrected chi connectivity index (χ4v) is 2.63. The van der Waals surface area contributed by atoms with Crippen molar-refractivity contribution >= 4 is 23.4 Å². The van der Waals surface area contributed by atoms with Crippen LogP contribution in [0.25, 0.3) is 0 Å². The van der Waals surface area contributed by atoms with Crippen LogP contribution < -0.4 is 10.6 Å². The number of nitrogens with zero attached hydrogens (tertiary/aromatic N) is 2. The van der Waals surface area contributed by atoms with Crippen molar-refractivity contribution < 1.29 is 5.11 Å². The van der Waals surface area contributed by atoms with Crippen molar-refractivity contribution in [2.45, 2.75) is 38.0 Å². The number of hydrogen-bond donors (Lipinski definition) is 3. The van der Waals surface area contributed by atoms with Crippen molar-refractivity contribution in [3.8, 4) is 0 Å². The van der Waals surface area contributed by atoms with E-state index in [4.69, 9.17) is 0 Å². The number of nitrogens with one attached hydrogen (secondary N) is 2. The SMILES string of the molecule is CNc1ncnc(NC(C)C(CO)SC)c1C(C)C. The summed E-state index contributed by atoms with van der Waals surface area (Å²) in [5.41, 5.74) is 1.08. The first-order chi connectivity index (χ1) is 9.04. The number of aliphatic hydroxyl groups excluding tert-OH is 1. The van der Waals surface area contributed by atoms with E-state index in [0.717, 1.165) is 17.2 Å². The Hall–Kier alpha value is -1.01. The fourth-order valence-electron chi connectivity index (χ4n) is 2.00. The van der Waals surface area contributed by atoms with Gasteiger partial charge < -0.3 is 15.7 Å². The van der Waals surface area contributed by atoms with Crippen LogP contribution >= 0.6 is 11.8 Å². The highest BCUT2D eigenvalue weighted by atomic mass is 32.2. The number of hydrogen-bond acceptors (Lipinski definition) is 6. The van der Waals surface area contributed by atoms with E-state index in [-0.39, 0.29) is 17.9 Å². The summed E-state index contributed by atoms with van der Waals surface area (Å²) in [6, 6.07) is 0.136. The minimum absolute atomic E-state index is 0.136. The third-order valence-electron chi connectivity index (χ3n) is 3.10. The Morgan fingerprint density at radius 2 is 1.89 bits per heavy atom. The lowest BCUT2D eigenvalue weighted by molar-refractivity contribution is 0.288. The van der Waals surface area contributed by atoms with Crippen molar-refractivity contribution in [3.63, 3.8) is 0 Å². The minimum atomic E-state index is 0.136. The quantitative estimate of drug-likeness (QED) is 0.713. The molecule has 2 atom stereocenters. The summed E-state index contributed by atoms with van der Waals surface area (Å²) >= 11 is 1.65. The van der Waals surface area contributed by atoms with Crippen LogP contribution in [0.1, 0.15) is 32.3 Å². The molecular weight excluding hydrogens is 260 g/mol. The minimum Gasteiger partial charge on any atom is -0.395 e. The average molecular weight is 284 g/mol. The molecule has 1 aromatic heterocycles. The van der Waals surface area contributed by atoms with Gasteiger partial charge in [-0.25, -0.2) is 9.97 Å². The van der Waals surface area contributed by atoms with Gasteiger partial charge in [0.2, 0.25) is 0 Å². The van der Waals surface area contributed by atoms with Crippen molar-refractivity contribution in [2.75, 3.05) is 30.5 Å². The molecule has 1 rings (SSSR count). The summed E-state index contributed by atoms with van der Waals surface area (Å²) in [4.78, 5) is 8.60. The highest BCUT2D eigenvalue weighted by Gasteiger charge is 2.19. The zero-order chi connectivity index (χ0) is 14.4. The van der Waals surface area contributed by atoms with E-state index >= 15 is 0 Å². The molecule has 0 bridgehead atoms. The Kier molecular flexibility index (Phi) is 6.37. The van der Waals surface area contributed by atoms with Crippen LogP contribution in [0.15, 0.2) is 6.33 Å². The molecule has 19 heavy (non-hydrogen) atoms. The number of aliphatic hydroxyl groups is 1. The molecule has 1 heterocycles. The van der Waals surface area contributed by atoms with E-state index in [1.54, 1.807) is 18.1 Å². The van der Waals surface area contributed by atoms with Gasteiger partial charge >= 0.3 is 0 Å². The van der Waals surface area contributed by atoms with Crippen LogP contribution in [0, 0.1) is 0 Å². The largest absolute Gasteiger partial charge is 0.395 e. The molecule has 3 N–H and O–H groups in total. The number of aromatic nitrogens is 2. The summed E-state index contributed by atoms with van der Waals surface area (Å²) in [6.45, 7) is 6.44. The number of anilines is 2. The van der Waals surface area contributed by atoms with Gasteiger partial charge in [-0.15, -0.1) is 0 Å². The predicted octanol–water partition coefficient (Wildman–Crippen LogP) is 2.17. The molecule has 5 nitrogen and oxygen atoms in total. The monoisotopic (exact) mass is 284 g/mol. The third kappa shape index (κ3) is 3.98. The Labute approximate surface area is 119 Å². The summed E-state index contributed by atoms with van der Waals surface area (Å²) in [6.07, 6.45) is 3.56. The van der Waals surface area contributed by atoms with Crippen molar-refractivity contribution in [1.29, 1.82) is 0 Å². The predicted molar refractivity (Wildman–Crippen MR) is 83.1 cm³/mol. The van der Waals surface area contributed by atoms with Crippen LogP contribution in [0.4, 0.5) is 11.6 Å². The van der Waals surface area contributed by atoms with Crippen LogP contribution in [0.2, 0.25) is 0 Å². The fraction of sp³-hybridized carbons (Fsp3) is 0.692. The second kappa shape index (κ2) is 7.55. The Balaban J connectivity index is 3.00. The van der Waals surface area contributed by atoms with Crippen molar-refractivity contribution in [2.24, 2.45) is 0 Å². The highest BCUT2D eigenvalue weighted by molar-refractivity contribution is 7.99. The second-order valence-electron chi connectivity index (χ2n) is 4.78. The first kappa shape index (κ1) is 16.0. The maximum atomic E-state index is 9.35. The molecule has 0 saturated carbocycles.